The highest BCUT2D eigenvalue weighted by molar-refractivity contribution is 5.77. The van der Waals surface area contributed by atoms with Gasteiger partial charge in [0.05, 0.1) is 0 Å². The second-order valence-corrected chi connectivity index (χ2v) is 7.03. The number of hydrogen-bond acceptors (Lipinski definition) is 3. The Bertz CT molecular complexity index is 389. The number of fused-ring (bicyclic) bond motifs is 1. The lowest BCUT2D eigenvalue weighted by Gasteiger charge is -2.44. The van der Waals surface area contributed by atoms with Crippen molar-refractivity contribution in [2.75, 3.05) is 7.05 Å². The third-order valence-corrected chi connectivity index (χ3v) is 4.30. The highest BCUT2D eigenvalue weighted by Gasteiger charge is 2.38. The number of carbonyl (C=O) groups is 2. The van der Waals surface area contributed by atoms with E-state index in [-0.39, 0.29) is 24.1 Å². The van der Waals surface area contributed by atoms with Gasteiger partial charge in [0.15, 0.2) is 0 Å². The second-order valence-electron chi connectivity index (χ2n) is 7.03. The summed E-state index contributed by atoms with van der Waals surface area (Å²) in [7, 11) is 1.88. The molecule has 20 heavy (non-hydrogen) atoms. The number of nitrogens with one attached hydrogen (secondary N) is 1. The quantitative estimate of drug-likeness (QED) is 0.803. The summed E-state index contributed by atoms with van der Waals surface area (Å²) >= 11 is 0. The largest absolute Gasteiger partial charge is 0.444 e. The minimum atomic E-state index is -0.473. The first-order valence-electron chi connectivity index (χ1n) is 7.51. The number of hydrogen-bond donors (Lipinski definition) is 1. The maximum atomic E-state index is 11.8. The normalized spacial score (nSPS) is 30.7. The summed E-state index contributed by atoms with van der Waals surface area (Å²) in [5.41, 5.74) is -0.473. The lowest BCUT2D eigenvalue weighted by atomic mass is 9.76. The molecule has 2 aliphatic rings. The molecule has 0 aromatic rings. The van der Waals surface area contributed by atoms with Gasteiger partial charge >= 0.3 is 6.09 Å². The number of alkyl carbamates (subject to hydrolysis) is 1. The molecule has 2 amide bonds. The van der Waals surface area contributed by atoms with E-state index in [4.69, 9.17) is 4.74 Å². The number of carbonyl (C=O) groups excluding carboxylic acids is 2. The Kier molecular flexibility index (Phi) is 4.25. The maximum absolute atomic E-state index is 11.8. The molecular weight excluding hydrogens is 256 g/mol. The zero-order valence-corrected chi connectivity index (χ0v) is 12.9. The van der Waals surface area contributed by atoms with E-state index in [0.717, 1.165) is 25.7 Å². The van der Waals surface area contributed by atoms with Crippen molar-refractivity contribution in [1.29, 1.82) is 0 Å². The molecule has 5 heteroatoms. The van der Waals surface area contributed by atoms with Crippen LogP contribution >= 0.6 is 0 Å². The smallest absolute Gasteiger partial charge is 0.407 e. The van der Waals surface area contributed by atoms with E-state index in [0.29, 0.717) is 12.3 Å². The van der Waals surface area contributed by atoms with Crippen molar-refractivity contribution in [3.8, 4) is 0 Å². The van der Waals surface area contributed by atoms with Gasteiger partial charge in [0.25, 0.3) is 0 Å². The van der Waals surface area contributed by atoms with Crippen LogP contribution in [0.3, 0.4) is 0 Å². The van der Waals surface area contributed by atoms with E-state index in [1.54, 1.807) is 0 Å². The van der Waals surface area contributed by atoms with Crippen molar-refractivity contribution < 1.29 is 14.3 Å². The van der Waals surface area contributed by atoms with Crippen LogP contribution in [0.15, 0.2) is 0 Å². The van der Waals surface area contributed by atoms with Gasteiger partial charge in [0.2, 0.25) is 5.91 Å². The molecule has 3 unspecified atom stereocenters. The third-order valence-electron chi connectivity index (χ3n) is 4.30. The highest BCUT2D eigenvalue weighted by atomic mass is 16.6. The van der Waals surface area contributed by atoms with Crippen LogP contribution in [-0.4, -0.2) is 41.6 Å². The number of piperidine rings is 1. The van der Waals surface area contributed by atoms with Crippen LogP contribution in [0.5, 0.6) is 0 Å². The van der Waals surface area contributed by atoms with Gasteiger partial charge in [-0.25, -0.2) is 4.79 Å². The van der Waals surface area contributed by atoms with Crippen LogP contribution in [0.2, 0.25) is 0 Å². The van der Waals surface area contributed by atoms with E-state index in [2.05, 4.69) is 5.32 Å². The Balaban J connectivity index is 1.89. The molecule has 2 rings (SSSR count). The van der Waals surface area contributed by atoms with Gasteiger partial charge < -0.3 is 15.0 Å². The molecule has 1 aliphatic carbocycles. The minimum Gasteiger partial charge on any atom is -0.444 e. The maximum Gasteiger partial charge on any atom is 0.407 e. The van der Waals surface area contributed by atoms with Crippen molar-refractivity contribution in [2.45, 2.75) is 70.6 Å². The van der Waals surface area contributed by atoms with Gasteiger partial charge in [-0.3, -0.25) is 4.79 Å². The van der Waals surface area contributed by atoms with E-state index >= 15 is 0 Å². The van der Waals surface area contributed by atoms with E-state index in [1.165, 1.54) is 0 Å². The Hall–Kier alpha value is -1.26. The van der Waals surface area contributed by atoms with Crippen molar-refractivity contribution in [3.05, 3.63) is 0 Å². The predicted octanol–water partition coefficient (Wildman–Crippen LogP) is 2.30. The van der Waals surface area contributed by atoms with Gasteiger partial charge in [-0.05, 0) is 52.4 Å². The van der Waals surface area contributed by atoms with Crippen molar-refractivity contribution in [2.24, 2.45) is 5.92 Å². The topological polar surface area (TPSA) is 58.6 Å². The molecule has 5 nitrogen and oxygen atoms in total. The average Bonchev–Trinajstić information content (AvgIpc) is 2.32. The average molecular weight is 282 g/mol. The first-order valence-corrected chi connectivity index (χ1v) is 7.51. The summed E-state index contributed by atoms with van der Waals surface area (Å²) in [4.78, 5) is 25.5. The fraction of sp³-hybridized carbons (Fsp3) is 0.867. The summed E-state index contributed by atoms with van der Waals surface area (Å²) in [6.07, 6.45) is 4.19. The first kappa shape index (κ1) is 15.1. The fourth-order valence-electron chi connectivity index (χ4n) is 3.30. The molecule has 2 fully saturated rings. The van der Waals surface area contributed by atoms with Crippen molar-refractivity contribution >= 4 is 12.0 Å². The summed E-state index contributed by atoms with van der Waals surface area (Å²) in [5, 5.41) is 2.94. The predicted molar refractivity (Wildman–Crippen MR) is 76.3 cm³/mol. The summed E-state index contributed by atoms with van der Waals surface area (Å²) < 4.78 is 5.29. The SMILES string of the molecule is CN1C(=O)CCC2CCC(NC(=O)OC(C)(C)C)CC21. The summed E-state index contributed by atoms with van der Waals surface area (Å²) in [5.74, 6) is 0.818. The lowest BCUT2D eigenvalue weighted by Crippen LogP contribution is -2.53. The zero-order valence-electron chi connectivity index (χ0n) is 12.9. The molecule has 0 spiro atoms. The first-order chi connectivity index (χ1) is 9.26. The highest BCUT2D eigenvalue weighted by Crippen LogP contribution is 2.35. The standard InChI is InChI=1S/C15H26N2O3/c1-15(2,3)20-14(19)16-11-7-5-10-6-8-13(18)17(4)12(10)9-11/h10-12H,5-9H2,1-4H3,(H,16,19). The van der Waals surface area contributed by atoms with Gasteiger partial charge in [0.1, 0.15) is 5.60 Å². The van der Waals surface area contributed by atoms with Crippen LogP contribution in [0.1, 0.15) is 52.9 Å². The Morgan fingerprint density at radius 1 is 1.30 bits per heavy atom. The molecule has 0 bridgehead atoms. The molecule has 1 heterocycles. The van der Waals surface area contributed by atoms with Crippen LogP contribution in [0.4, 0.5) is 4.79 Å². The van der Waals surface area contributed by atoms with Crippen LogP contribution < -0.4 is 5.32 Å². The van der Waals surface area contributed by atoms with Crippen molar-refractivity contribution in [1.82, 2.24) is 10.2 Å². The second kappa shape index (κ2) is 5.62. The molecule has 1 saturated heterocycles. The fourth-order valence-corrected chi connectivity index (χ4v) is 3.30. The number of rotatable bonds is 1. The molecule has 114 valence electrons. The van der Waals surface area contributed by atoms with Crippen molar-refractivity contribution in [3.63, 3.8) is 0 Å². The molecule has 1 N–H and O–H groups in total. The number of likely N-dealkylation sites (tertiary alicyclic amines) is 1. The molecule has 0 radical (unpaired) electrons. The zero-order chi connectivity index (χ0) is 14.9. The van der Waals surface area contributed by atoms with Gasteiger partial charge in [0, 0.05) is 25.6 Å². The molecule has 1 aliphatic heterocycles. The Labute approximate surface area is 121 Å². The number of amides is 2. The summed E-state index contributed by atoms with van der Waals surface area (Å²) in [6, 6.07) is 0.379. The van der Waals surface area contributed by atoms with Gasteiger partial charge in [-0.1, -0.05) is 0 Å². The van der Waals surface area contributed by atoms with Gasteiger partial charge in [-0.2, -0.15) is 0 Å². The third kappa shape index (κ3) is 3.64. The number of nitrogens with zero attached hydrogens (tertiary/aromatic N) is 1. The van der Waals surface area contributed by atoms with Crippen LogP contribution in [-0.2, 0) is 9.53 Å². The van der Waals surface area contributed by atoms with Gasteiger partial charge in [-0.15, -0.1) is 0 Å². The Morgan fingerprint density at radius 2 is 2.00 bits per heavy atom. The monoisotopic (exact) mass is 282 g/mol. The van der Waals surface area contributed by atoms with E-state index in [1.807, 2.05) is 32.7 Å². The molecule has 0 aromatic heterocycles. The molecular formula is C15H26N2O3. The molecule has 1 saturated carbocycles. The molecule has 0 aromatic carbocycles. The molecule has 3 atom stereocenters. The van der Waals surface area contributed by atoms with Crippen LogP contribution in [0.25, 0.3) is 0 Å². The number of ether oxygens (including phenoxy) is 1. The van der Waals surface area contributed by atoms with Crippen LogP contribution in [0, 0.1) is 5.92 Å². The van der Waals surface area contributed by atoms with E-state index < -0.39 is 5.60 Å². The minimum absolute atomic E-state index is 0.111. The summed E-state index contributed by atoms with van der Waals surface area (Å²) in [6.45, 7) is 5.57. The lowest BCUT2D eigenvalue weighted by molar-refractivity contribution is -0.138. The van der Waals surface area contributed by atoms with E-state index in [9.17, 15) is 9.59 Å². The Morgan fingerprint density at radius 3 is 2.65 bits per heavy atom.